The van der Waals surface area contributed by atoms with Crippen molar-refractivity contribution in [2.75, 3.05) is 27.7 Å². The lowest BCUT2D eigenvalue weighted by molar-refractivity contribution is -0.110. The van der Waals surface area contributed by atoms with Gasteiger partial charge in [0.1, 0.15) is 12.1 Å². The molecule has 7 nitrogen and oxygen atoms in total. The maximum absolute atomic E-state index is 10.6. The normalized spacial score (nSPS) is 19.0. The van der Waals surface area contributed by atoms with E-state index in [-0.39, 0.29) is 5.92 Å². The topological polar surface area (TPSA) is 97.0 Å². The van der Waals surface area contributed by atoms with Gasteiger partial charge in [0.25, 0.3) is 0 Å². The number of carbonyl (C=O) groups excluding carboxylic acids is 2. The summed E-state index contributed by atoms with van der Waals surface area (Å²) in [6.45, 7) is 8.84. The summed E-state index contributed by atoms with van der Waals surface area (Å²) in [5.41, 5.74) is 5.68. The van der Waals surface area contributed by atoms with E-state index < -0.39 is 12.1 Å². The van der Waals surface area contributed by atoms with E-state index in [1.165, 1.54) is 20.0 Å². The molecule has 3 N–H and O–H groups in total. The number of likely N-dealkylation sites (tertiary alicyclic amines) is 1. The quantitative estimate of drug-likeness (QED) is 0.464. The Morgan fingerprint density at radius 2 is 2.00 bits per heavy atom. The van der Waals surface area contributed by atoms with Gasteiger partial charge in [-0.2, -0.15) is 0 Å². The van der Waals surface area contributed by atoms with Crippen LogP contribution >= 0.6 is 0 Å². The number of nitrogens with one attached hydrogen (secondary N) is 1. The van der Waals surface area contributed by atoms with Gasteiger partial charge in [0.15, 0.2) is 0 Å². The first-order valence-corrected chi connectivity index (χ1v) is 8.09. The van der Waals surface area contributed by atoms with Crippen molar-refractivity contribution in [3.8, 4) is 0 Å². The molecular formula is C16H34N4O3. The van der Waals surface area contributed by atoms with Crippen molar-refractivity contribution >= 4 is 18.2 Å². The molecular weight excluding hydrogens is 296 g/mol. The number of ether oxygens (including phenoxy) is 1. The minimum Gasteiger partial charge on any atom is -0.453 e. The van der Waals surface area contributed by atoms with Crippen LogP contribution in [-0.2, 0) is 9.53 Å². The predicted molar refractivity (Wildman–Crippen MR) is 94.8 cm³/mol. The minimum atomic E-state index is -0.573. The highest BCUT2D eigenvalue weighted by Crippen LogP contribution is 2.14. The Balaban J connectivity index is 0. The molecule has 23 heavy (non-hydrogen) atoms. The van der Waals surface area contributed by atoms with E-state index >= 15 is 0 Å². The number of rotatable bonds is 4. The maximum Gasteiger partial charge on any atom is 0.407 e. The highest BCUT2D eigenvalue weighted by atomic mass is 16.5. The first-order chi connectivity index (χ1) is 10.9. The van der Waals surface area contributed by atoms with Crippen LogP contribution in [0.1, 0.15) is 40.5 Å². The molecule has 136 valence electrons. The molecule has 7 heteroatoms. The number of alkyl carbamates (subject to hydrolysis) is 1. The van der Waals surface area contributed by atoms with Gasteiger partial charge in [-0.05, 0) is 32.4 Å². The number of methoxy groups -OCH3 is 1. The largest absolute Gasteiger partial charge is 0.453 e. The lowest BCUT2D eigenvalue weighted by atomic mass is 10.1. The van der Waals surface area contributed by atoms with Gasteiger partial charge in [-0.15, -0.1) is 0 Å². The lowest BCUT2D eigenvalue weighted by Gasteiger charge is -2.17. The number of carbonyl (C=O) groups is 2. The number of hydrogen-bond acceptors (Lipinski definition) is 5. The number of amides is 1. The summed E-state index contributed by atoms with van der Waals surface area (Å²) >= 11 is 0. The van der Waals surface area contributed by atoms with Crippen LogP contribution in [0.15, 0.2) is 4.99 Å². The summed E-state index contributed by atoms with van der Waals surface area (Å²) in [5.74, 6) is 0.867. The van der Waals surface area contributed by atoms with Crippen LogP contribution in [-0.4, -0.2) is 62.9 Å². The standard InChI is InChI=1S/C7H15N3.C7H13NO3.C2H6/c1-9-7(8)6-4-3-5-10(6)2;1-5(2)6(4-9)8-7(10)11-3;1-2/h6H,3-5H2,1-2H3,(H2,8,9);4-6H,1-3H3,(H,8,10);1-2H3/t6-;;/m0../s1. The second-order valence-electron chi connectivity index (χ2n) is 5.33. The van der Waals surface area contributed by atoms with E-state index in [0.717, 1.165) is 12.4 Å². The number of nitrogens with zero attached hydrogens (tertiary/aromatic N) is 2. The molecule has 0 aromatic heterocycles. The third-order valence-corrected chi connectivity index (χ3v) is 3.45. The Morgan fingerprint density at radius 1 is 1.43 bits per heavy atom. The fraction of sp³-hybridized carbons (Fsp3) is 0.812. The maximum atomic E-state index is 10.6. The van der Waals surface area contributed by atoms with Gasteiger partial charge in [0, 0.05) is 7.05 Å². The fourth-order valence-corrected chi connectivity index (χ4v) is 1.99. The molecule has 1 aliphatic rings. The summed E-state index contributed by atoms with van der Waals surface area (Å²) in [5, 5.41) is 2.39. The molecule has 0 aromatic carbocycles. The Kier molecular flexibility index (Phi) is 14.4. The molecule has 0 radical (unpaired) electrons. The van der Waals surface area contributed by atoms with Gasteiger partial charge in [0.2, 0.25) is 0 Å². The first-order valence-electron chi connectivity index (χ1n) is 8.09. The van der Waals surface area contributed by atoms with Gasteiger partial charge >= 0.3 is 6.09 Å². The van der Waals surface area contributed by atoms with Gasteiger partial charge in [-0.3, -0.25) is 9.89 Å². The Hall–Kier alpha value is -1.63. The smallest absolute Gasteiger partial charge is 0.407 e. The van der Waals surface area contributed by atoms with Crippen molar-refractivity contribution in [2.24, 2.45) is 16.6 Å². The third kappa shape index (κ3) is 9.89. The molecule has 1 unspecified atom stereocenters. The molecule has 1 rings (SSSR count). The second-order valence-corrected chi connectivity index (χ2v) is 5.33. The Bertz CT molecular complexity index is 359. The molecule has 1 amide bonds. The van der Waals surface area contributed by atoms with Crippen LogP contribution in [0.5, 0.6) is 0 Å². The third-order valence-electron chi connectivity index (χ3n) is 3.45. The zero-order valence-electron chi connectivity index (χ0n) is 15.6. The van der Waals surface area contributed by atoms with Crippen LogP contribution < -0.4 is 11.1 Å². The van der Waals surface area contributed by atoms with E-state index in [2.05, 4.69) is 27.0 Å². The van der Waals surface area contributed by atoms with Crippen molar-refractivity contribution in [3.05, 3.63) is 0 Å². The molecule has 0 bridgehead atoms. The SMILES string of the molecule is CC.CN=C(N)[C@@H]1CCCN1C.COC(=O)NC(C=O)C(C)C. The molecule has 0 aromatic rings. The Morgan fingerprint density at radius 3 is 2.30 bits per heavy atom. The number of hydrogen-bond donors (Lipinski definition) is 2. The second kappa shape index (κ2) is 14.0. The number of nitrogens with two attached hydrogens (primary N) is 1. The number of likely N-dealkylation sites (N-methyl/N-ethyl adjacent to an activating group) is 1. The van der Waals surface area contributed by atoms with Crippen molar-refractivity contribution in [2.45, 2.75) is 52.6 Å². The van der Waals surface area contributed by atoms with E-state index in [1.807, 2.05) is 27.7 Å². The van der Waals surface area contributed by atoms with Crippen LogP contribution in [0, 0.1) is 5.92 Å². The van der Waals surface area contributed by atoms with Crippen LogP contribution in [0.25, 0.3) is 0 Å². The minimum absolute atomic E-state index is 0.0894. The summed E-state index contributed by atoms with van der Waals surface area (Å²) < 4.78 is 4.32. The predicted octanol–water partition coefficient (Wildman–Crippen LogP) is 1.66. The highest BCUT2D eigenvalue weighted by Gasteiger charge is 2.23. The van der Waals surface area contributed by atoms with Crippen LogP contribution in [0.3, 0.4) is 0 Å². The van der Waals surface area contributed by atoms with E-state index in [4.69, 9.17) is 5.73 Å². The zero-order valence-corrected chi connectivity index (χ0v) is 15.6. The van der Waals surface area contributed by atoms with E-state index in [9.17, 15) is 9.59 Å². The van der Waals surface area contributed by atoms with Crippen molar-refractivity contribution < 1.29 is 14.3 Å². The lowest BCUT2D eigenvalue weighted by Crippen LogP contribution is -2.39. The number of amidine groups is 1. The first kappa shape index (κ1) is 23.6. The summed E-state index contributed by atoms with van der Waals surface area (Å²) in [6.07, 6.45) is 2.54. The van der Waals surface area contributed by atoms with Gasteiger partial charge in [0.05, 0.1) is 19.2 Å². The molecule has 1 heterocycles. The average molecular weight is 330 g/mol. The number of aldehydes is 1. The summed E-state index contributed by atoms with van der Waals surface area (Å²) in [6, 6.07) is -0.0487. The molecule has 1 saturated heterocycles. The van der Waals surface area contributed by atoms with E-state index in [0.29, 0.717) is 12.3 Å². The van der Waals surface area contributed by atoms with Crippen molar-refractivity contribution in [1.29, 1.82) is 0 Å². The summed E-state index contributed by atoms with van der Waals surface area (Å²) in [7, 11) is 5.11. The molecule has 0 spiro atoms. The molecule has 1 aliphatic heterocycles. The Labute approximate surface area is 140 Å². The number of aliphatic imine (C=N–C) groups is 1. The van der Waals surface area contributed by atoms with Gasteiger partial charge in [-0.25, -0.2) is 4.79 Å². The monoisotopic (exact) mass is 330 g/mol. The molecule has 2 atom stereocenters. The average Bonchev–Trinajstić information content (AvgIpc) is 2.99. The van der Waals surface area contributed by atoms with Crippen LogP contribution in [0.2, 0.25) is 0 Å². The highest BCUT2D eigenvalue weighted by molar-refractivity contribution is 5.85. The van der Waals surface area contributed by atoms with E-state index in [1.54, 1.807) is 7.05 Å². The fourth-order valence-electron chi connectivity index (χ4n) is 1.99. The molecule has 0 aliphatic carbocycles. The van der Waals surface area contributed by atoms with Crippen LogP contribution in [0.4, 0.5) is 4.79 Å². The van der Waals surface area contributed by atoms with Gasteiger partial charge < -0.3 is 20.6 Å². The zero-order chi connectivity index (χ0) is 18.4. The summed E-state index contributed by atoms with van der Waals surface area (Å²) in [4.78, 5) is 27.1. The van der Waals surface area contributed by atoms with Crippen molar-refractivity contribution in [3.63, 3.8) is 0 Å². The molecule has 1 fully saturated rings. The van der Waals surface area contributed by atoms with Crippen molar-refractivity contribution in [1.82, 2.24) is 10.2 Å². The molecule has 0 saturated carbocycles. The van der Waals surface area contributed by atoms with Gasteiger partial charge in [-0.1, -0.05) is 27.7 Å².